The van der Waals surface area contributed by atoms with Crippen LogP contribution in [0.2, 0.25) is 0 Å². The van der Waals surface area contributed by atoms with E-state index in [1.54, 1.807) is 7.11 Å². The molecule has 3 heteroatoms. The second-order valence-corrected chi connectivity index (χ2v) is 10.5. The minimum absolute atomic E-state index is 0.801. The highest BCUT2D eigenvalue weighted by Crippen LogP contribution is 2.48. The van der Waals surface area contributed by atoms with Gasteiger partial charge in [-0.05, 0) is 52.6 Å². The first kappa shape index (κ1) is 25.7. The molecule has 0 radical (unpaired) electrons. The number of nitrogens with zero attached hydrogens (tertiary/aromatic N) is 1. The molecule has 194 valence electrons. The molecule has 0 aliphatic heterocycles. The Labute approximate surface area is 244 Å². The Morgan fingerprint density at radius 3 is 1.57 bits per heavy atom. The standard InChI is InChI=1S/C37H28BrNO/c1-40-34-24-30(27-13-5-2-6-14-27)23-33(26-34)39(32-20-11-19-31(38)25-32)37-35(28-15-7-3-8-16-28)21-12-22-36(37)29-17-9-4-10-18-29/h2-26H,1H3. The molecular formula is C37H28BrNO. The van der Waals surface area contributed by atoms with E-state index >= 15 is 0 Å². The van der Waals surface area contributed by atoms with Gasteiger partial charge >= 0.3 is 0 Å². The van der Waals surface area contributed by atoms with Crippen molar-refractivity contribution >= 4 is 33.0 Å². The van der Waals surface area contributed by atoms with Crippen molar-refractivity contribution in [3.8, 4) is 39.1 Å². The number of methoxy groups -OCH3 is 1. The normalized spacial score (nSPS) is 10.8. The Morgan fingerprint density at radius 1 is 0.475 bits per heavy atom. The average molecular weight is 583 g/mol. The Kier molecular flexibility index (Phi) is 7.47. The average Bonchev–Trinajstić information content (AvgIpc) is 3.02. The van der Waals surface area contributed by atoms with Gasteiger partial charge in [0, 0.05) is 27.4 Å². The summed E-state index contributed by atoms with van der Waals surface area (Å²) in [6, 6.07) is 53.1. The third kappa shape index (κ3) is 5.29. The third-order valence-corrected chi connectivity index (χ3v) is 7.48. The van der Waals surface area contributed by atoms with Crippen molar-refractivity contribution in [1.29, 1.82) is 0 Å². The van der Waals surface area contributed by atoms with Crippen LogP contribution in [0.15, 0.2) is 156 Å². The van der Waals surface area contributed by atoms with E-state index in [2.05, 4.69) is 166 Å². The van der Waals surface area contributed by atoms with Crippen LogP contribution in [0.1, 0.15) is 0 Å². The van der Waals surface area contributed by atoms with E-state index in [1.165, 1.54) is 0 Å². The highest BCUT2D eigenvalue weighted by molar-refractivity contribution is 9.10. The van der Waals surface area contributed by atoms with Crippen molar-refractivity contribution in [3.05, 3.63) is 156 Å². The van der Waals surface area contributed by atoms with Gasteiger partial charge < -0.3 is 9.64 Å². The fraction of sp³-hybridized carbons (Fsp3) is 0.0270. The van der Waals surface area contributed by atoms with Crippen LogP contribution in [0.5, 0.6) is 5.75 Å². The van der Waals surface area contributed by atoms with Crippen molar-refractivity contribution in [2.45, 2.75) is 0 Å². The van der Waals surface area contributed by atoms with Gasteiger partial charge in [0.2, 0.25) is 0 Å². The number of halogens is 1. The number of benzene rings is 6. The molecule has 0 N–H and O–H groups in total. The smallest absolute Gasteiger partial charge is 0.121 e. The van der Waals surface area contributed by atoms with Gasteiger partial charge in [-0.15, -0.1) is 0 Å². The lowest BCUT2D eigenvalue weighted by Gasteiger charge is -2.31. The van der Waals surface area contributed by atoms with E-state index in [4.69, 9.17) is 4.74 Å². The van der Waals surface area contributed by atoms with E-state index < -0.39 is 0 Å². The van der Waals surface area contributed by atoms with Crippen LogP contribution in [-0.4, -0.2) is 7.11 Å². The molecular weight excluding hydrogens is 554 g/mol. The fourth-order valence-corrected chi connectivity index (χ4v) is 5.52. The van der Waals surface area contributed by atoms with Gasteiger partial charge in [-0.1, -0.05) is 131 Å². The molecule has 6 rings (SSSR count). The summed E-state index contributed by atoms with van der Waals surface area (Å²) in [6.07, 6.45) is 0. The van der Waals surface area contributed by atoms with Crippen LogP contribution in [0.25, 0.3) is 33.4 Å². The van der Waals surface area contributed by atoms with Crippen LogP contribution in [0.3, 0.4) is 0 Å². The molecule has 0 atom stereocenters. The zero-order chi connectivity index (χ0) is 27.3. The summed E-state index contributed by atoms with van der Waals surface area (Å²) in [6.45, 7) is 0. The van der Waals surface area contributed by atoms with Gasteiger partial charge in [0.25, 0.3) is 0 Å². The maximum atomic E-state index is 5.86. The lowest BCUT2D eigenvalue weighted by atomic mass is 9.94. The summed E-state index contributed by atoms with van der Waals surface area (Å²) in [7, 11) is 1.73. The molecule has 6 aromatic rings. The number of hydrogen-bond donors (Lipinski definition) is 0. The van der Waals surface area contributed by atoms with Crippen LogP contribution >= 0.6 is 15.9 Å². The monoisotopic (exact) mass is 581 g/mol. The second-order valence-electron chi connectivity index (χ2n) is 9.53. The fourth-order valence-electron chi connectivity index (χ4n) is 5.14. The number of para-hydroxylation sites is 1. The maximum Gasteiger partial charge on any atom is 0.121 e. The summed E-state index contributed by atoms with van der Waals surface area (Å²) in [5.41, 5.74) is 9.98. The number of ether oxygens (including phenoxy) is 1. The first-order valence-electron chi connectivity index (χ1n) is 13.3. The molecule has 0 heterocycles. The minimum atomic E-state index is 0.801. The summed E-state index contributed by atoms with van der Waals surface area (Å²) in [4.78, 5) is 2.35. The van der Waals surface area contributed by atoms with Crippen molar-refractivity contribution in [2.24, 2.45) is 0 Å². The van der Waals surface area contributed by atoms with Crippen molar-refractivity contribution < 1.29 is 4.74 Å². The van der Waals surface area contributed by atoms with Crippen molar-refractivity contribution in [2.75, 3.05) is 12.0 Å². The first-order valence-corrected chi connectivity index (χ1v) is 14.0. The molecule has 0 saturated heterocycles. The molecule has 6 aromatic carbocycles. The van der Waals surface area contributed by atoms with Gasteiger partial charge in [0.15, 0.2) is 0 Å². The molecule has 0 aliphatic rings. The Bertz CT molecular complexity index is 1680. The molecule has 0 amide bonds. The van der Waals surface area contributed by atoms with Gasteiger partial charge in [0.05, 0.1) is 18.5 Å². The molecule has 0 unspecified atom stereocenters. The van der Waals surface area contributed by atoms with Gasteiger partial charge in [-0.2, -0.15) is 0 Å². The van der Waals surface area contributed by atoms with Gasteiger partial charge in [-0.25, -0.2) is 0 Å². The quantitative estimate of drug-likeness (QED) is 0.186. The molecule has 0 bridgehead atoms. The lowest BCUT2D eigenvalue weighted by molar-refractivity contribution is 0.415. The van der Waals surface area contributed by atoms with E-state index in [0.29, 0.717) is 0 Å². The highest BCUT2D eigenvalue weighted by atomic mass is 79.9. The summed E-state index contributed by atoms with van der Waals surface area (Å²) < 4.78 is 6.87. The lowest BCUT2D eigenvalue weighted by Crippen LogP contribution is -2.13. The molecule has 2 nitrogen and oxygen atoms in total. The summed E-state index contributed by atoms with van der Waals surface area (Å²) in [5.74, 6) is 0.801. The molecule has 0 spiro atoms. The highest BCUT2D eigenvalue weighted by Gasteiger charge is 2.23. The first-order chi connectivity index (χ1) is 19.7. The van der Waals surface area contributed by atoms with Crippen LogP contribution < -0.4 is 9.64 Å². The summed E-state index contributed by atoms with van der Waals surface area (Å²) in [5, 5.41) is 0. The minimum Gasteiger partial charge on any atom is -0.497 e. The summed E-state index contributed by atoms with van der Waals surface area (Å²) >= 11 is 3.73. The van der Waals surface area contributed by atoms with Gasteiger partial charge in [0.1, 0.15) is 5.75 Å². The molecule has 40 heavy (non-hydrogen) atoms. The van der Waals surface area contributed by atoms with E-state index in [-0.39, 0.29) is 0 Å². The van der Waals surface area contributed by atoms with E-state index in [1.807, 2.05) is 6.07 Å². The van der Waals surface area contributed by atoms with Crippen molar-refractivity contribution in [1.82, 2.24) is 0 Å². The maximum absolute atomic E-state index is 5.86. The third-order valence-electron chi connectivity index (χ3n) is 6.99. The second kappa shape index (κ2) is 11.6. The topological polar surface area (TPSA) is 12.5 Å². The Hall–Kier alpha value is -4.60. The number of rotatable bonds is 7. The molecule has 0 fully saturated rings. The molecule has 0 saturated carbocycles. The van der Waals surface area contributed by atoms with Crippen LogP contribution in [0, 0.1) is 0 Å². The zero-order valence-electron chi connectivity index (χ0n) is 22.2. The van der Waals surface area contributed by atoms with E-state index in [0.717, 1.165) is 60.7 Å². The molecule has 0 aromatic heterocycles. The van der Waals surface area contributed by atoms with Crippen molar-refractivity contribution in [3.63, 3.8) is 0 Å². The van der Waals surface area contributed by atoms with Crippen LogP contribution in [0.4, 0.5) is 17.1 Å². The predicted octanol–water partition coefficient (Wildman–Crippen LogP) is 10.9. The van der Waals surface area contributed by atoms with Crippen LogP contribution in [-0.2, 0) is 0 Å². The number of hydrogen-bond acceptors (Lipinski definition) is 2. The largest absolute Gasteiger partial charge is 0.497 e. The zero-order valence-corrected chi connectivity index (χ0v) is 23.8. The molecule has 0 aliphatic carbocycles. The van der Waals surface area contributed by atoms with Gasteiger partial charge in [-0.3, -0.25) is 0 Å². The predicted molar refractivity (Wildman–Crippen MR) is 172 cm³/mol. The Morgan fingerprint density at radius 2 is 1.02 bits per heavy atom. The number of anilines is 3. The Balaban J connectivity index is 1.69. The van der Waals surface area contributed by atoms with E-state index in [9.17, 15) is 0 Å². The SMILES string of the molecule is COc1cc(-c2ccccc2)cc(N(c2cccc(Br)c2)c2c(-c3ccccc3)cccc2-c2ccccc2)c1.